The molecule has 5 nitrogen and oxygen atoms in total. The first-order valence-electron chi connectivity index (χ1n) is 5.56. The Labute approximate surface area is 115 Å². The lowest BCUT2D eigenvalue weighted by Gasteiger charge is -2.20. The molecule has 1 amide bonds. The molecule has 0 radical (unpaired) electrons. The molecular weight excluding hydrogens is 298 g/mol. The second-order valence-corrected chi connectivity index (χ2v) is 4.76. The summed E-state index contributed by atoms with van der Waals surface area (Å²) in [6, 6.07) is 5.50. The van der Waals surface area contributed by atoms with Crippen molar-refractivity contribution in [2.75, 3.05) is 44.5 Å². The van der Waals surface area contributed by atoms with Crippen LogP contribution in [0.1, 0.15) is 0 Å². The number of amides is 1. The zero-order chi connectivity index (χ0) is 13.5. The van der Waals surface area contributed by atoms with Gasteiger partial charge in [-0.15, -0.1) is 0 Å². The summed E-state index contributed by atoms with van der Waals surface area (Å²) in [5.41, 5.74) is 7.27. The van der Waals surface area contributed by atoms with Gasteiger partial charge in [0.25, 0.3) is 0 Å². The fourth-order valence-electron chi connectivity index (χ4n) is 1.48. The zero-order valence-corrected chi connectivity index (χ0v) is 12.2. The Bertz CT molecular complexity index is 412. The van der Waals surface area contributed by atoms with E-state index in [4.69, 9.17) is 10.5 Å². The van der Waals surface area contributed by atoms with Crippen LogP contribution in [0.15, 0.2) is 22.7 Å². The van der Waals surface area contributed by atoms with Crippen molar-refractivity contribution in [3.05, 3.63) is 22.7 Å². The largest absolute Gasteiger partial charge is 0.399 e. The third-order valence-electron chi connectivity index (χ3n) is 2.39. The number of anilines is 2. The molecule has 0 fully saturated rings. The van der Waals surface area contributed by atoms with Crippen molar-refractivity contribution in [2.45, 2.75) is 0 Å². The van der Waals surface area contributed by atoms with Crippen LogP contribution in [0.4, 0.5) is 11.4 Å². The van der Waals surface area contributed by atoms with Gasteiger partial charge in [-0.05, 0) is 34.1 Å². The molecule has 0 saturated carbocycles. The number of nitrogens with two attached hydrogens (primary N) is 1. The van der Waals surface area contributed by atoms with E-state index in [2.05, 4.69) is 21.2 Å². The van der Waals surface area contributed by atoms with Gasteiger partial charge in [-0.3, -0.25) is 4.79 Å². The normalized spacial score (nSPS) is 10.2. The molecule has 100 valence electrons. The van der Waals surface area contributed by atoms with E-state index in [1.807, 2.05) is 24.1 Å². The molecule has 0 saturated heterocycles. The van der Waals surface area contributed by atoms with Crippen LogP contribution in [0.25, 0.3) is 0 Å². The number of nitrogens with zero attached hydrogens (tertiary/aromatic N) is 1. The number of benzene rings is 1. The molecule has 0 aromatic heterocycles. The third-order valence-corrected chi connectivity index (χ3v) is 3.03. The molecular formula is C12H18BrN3O2. The maximum atomic E-state index is 11.6. The number of methoxy groups -OCH3 is 1. The Kier molecular flexibility index (Phi) is 5.94. The average Bonchev–Trinajstić information content (AvgIpc) is 2.28. The van der Waals surface area contributed by atoms with Gasteiger partial charge in [0, 0.05) is 30.9 Å². The molecule has 18 heavy (non-hydrogen) atoms. The minimum Gasteiger partial charge on any atom is -0.399 e. The van der Waals surface area contributed by atoms with Gasteiger partial charge in [0.1, 0.15) is 0 Å². The van der Waals surface area contributed by atoms with Crippen LogP contribution >= 0.6 is 15.9 Å². The van der Waals surface area contributed by atoms with E-state index in [9.17, 15) is 4.79 Å². The zero-order valence-electron chi connectivity index (χ0n) is 10.6. The fourth-order valence-corrected chi connectivity index (χ4v) is 2.18. The first-order chi connectivity index (χ1) is 8.54. The summed E-state index contributed by atoms with van der Waals surface area (Å²) in [6.45, 7) is 1.32. The first-order valence-corrected chi connectivity index (χ1v) is 6.35. The van der Waals surface area contributed by atoms with E-state index < -0.39 is 0 Å². The van der Waals surface area contributed by atoms with Crippen LogP contribution in [-0.2, 0) is 9.53 Å². The van der Waals surface area contributed by atoms with Crippen molar-refractivity contribution in [3.8, 4) is 0 Å². The number of halogens is 1. The Morgan fingerprint density at radius 3 is 2.89 bits per heavy atom. The summed E-state index contributed by atoms with van der Waals surface area (Å²) in [4.78, 5) is 13.5. The van der Waals surface area contributed by atoms with Crippen LogP contribution in [0.3, 0.4) is 0 Å². The fraction of sp³-hybridized carbons (Fsp3) is 0.417. The summed E-state index contributed by atoms with van der Waals surface area (Å²) in [5.74, 6) is -0.0433. The van der Waals surface area contributed by atoms with Gasteiger partial charge >= 0.3 is 0 Å². The molecule has 0 atom stereocenters. The monoisotopic (exact) mass is 315 g/mol. The van der Waals surface area contributed by atoms with Crippen molar-refractivity contribution < 1.29 is 9.53 Å². The van der Waals surface area contributed by atoms with Crippen molar-refractivity contribution >= 4 is 33.2 Å². The average molecular weight is 316 g/mol. The highest BCUT2D eigenvalue weighted by molar-refractivity contribution is 9.10. The Morgan fingerprint density at radius 1 is 1.56 bits per heavy atom. The van der Waals surface area contributed by atoms with E-state index in [0.717, 1.165) is 10.2 Å². The number of likely N-dealkylation sites (N-methyl/N-ethyl adjacent to an activating group) is 1. The van der Waals surface area contributed by atoms with E-state index in [-0.39, 0.29) is 12.5 Å². The lowest BCUT2D eigenvalue weighted by Crippen LogP contribution is -2.36. The maximum Gasteiger partial charge on any atom is 0.239 e. The highest BCUT2D eigenvalue weighted by atomic mass is 79.9. The van der Waals surface area contributed by atoms with Gasteiger partial charge in [-0.2, -0.15) is 0 Å². The predicted molar refractivity (Wildman–Crippen MR) is 76.7 cm³/mol. The third kappa shape index (κ3) is 4.54. The van der Waals surface area contributed by atoms with Crippen LogP contribution in [0.2, 0.25) is 0 Å². The summed E-state index contributed by atoms with van der Waals surface area (Å²) < 4.78 is 5.73. The number of carbonyl (C=O) groups excluding carboxylic acids is 1. The SMILES string of the molecule is COCCNC(=O)CN(C)c1ccc(N)cc1Br. The van der Waals surface area contributed by atoms with Gasteiger partial charge in [0.2, 0.25) is 5.91 Å². The first kappa shape index (κ1) is 14.8. The lowest BCUT2D eigenvalue weighted by atomic mass is 10.2. The Morgan fingerprint density at radius 2 is 2.28 bits per heavy atom. The van der Waals surface area contributed by atoms with E-state index in [1.54, 1.807) is 13.2 Å². The molecule has 0 bridgehead atoms. The lowest BCUT2D eigenvalue weighted by molar-refractivity contribution is -0.119. The summed E-state index contributed by atoms with van der Waals surface area (Å²) in [5, 5.41) is 2.77. The number of hydrogen-bond acceptors (Lipinski definition) is 4. The van der Waals surface area contributed by atoms with Gasteiger partial charge < -0.3 is 20.7 Å². The molecule has 0 aliphatic rings. The molecule has 0 aliphatic heterocycles. The summed E-state index contributed by atoms with van der Waals surface area (Å²) >= 11 is 3.43. The van der Waals surface area contributed by atoms with Gasteiger partial charge in [-0.25, -0.2) is 0 Å². The van der Waals surface area contributed by atoms with Crippen molar-refractivity contribution in [1.82, 2.24) is 5.32 Å². The molecule has 1 aromatic rings. The summed E-state index contributed by atoms with van der Waals surface area (Å²) in [7, 11) is 3.45. The maximum absolute atomic E-state index is 11.6. The second-order valence-electron chi connectivity index (χ2n) is 3.91. The number of ether oxygens (including phenoxy) is 1. The minimum absolute atomic E-state index is 0.0433. The van der Waals surface area contributed by atoms with Gasteiger partial charge in [0.05, 0.1) is 18.8 Å². The van der Waals surface area contributed by atoms with E-state index in [1.165, 1.54) is 0 Å². The van der Waals surface area contributed by atoms with Gasteiger partial charge in [-0.1, -0.05) is 0 Å². The second kappa shape index (κ2) is 7.23. The van der Waals surface area contributed by atoms with Crippen LogP contribution in [0.5, 0.6) is 0 Å². The van der Waals surface area contributed by atoms with Crippen LogP contribution in [0, 0.1) is 0 Å². The molecule has 1 rings (SSSR count). The van der Waals surface area contributed by atoms with Crippen molar-refractivity contribution in [2.24, 2.45) is 0 Å². The highest BCUT2D eigenvalue weighted by Crippen LogP contribution is 2.27. The molecule has 0 aliphatic carbocycles. The Balaban J connectivity index is 2.54. The molecule has 0 unspecified atom stereocenters. The highest BCUT2D eigenvalue weighted by Gasteiger charge is 2.09. The van der Waals surface area contributed by atoms with E-state index in [0.29, 0.717) is 18.8 Å². The molecule has 1 aromatic carbocycles. The number of nitrogens with one attached hydrogen (secondary N) is 1. The quantitative estimate of drug-likeness (QED) is 0.612. The van der Waals surface area contributed by atoms with E-state index >= 15 is 0 Å². The number of carbonyl (C=O) groups is 1. The number of rotatable bonds is 6. The van der Waals surface area contributed by atoms with Crippen molar-refractivity contribution in [1.29, 1.82) is 0 Å². The Hall–Kier alpha value is -1.27. The number of nitrogen functional groups attached to an aromatic ring is 1. The molecule has 3 N–H and O–H groups in total. The molecule has 6 heteroatoms. The number of hydrogen-bond donors (Lipinski definition) is 2. The van der Waals surface area contributed by atoms with Gasteiger partial charge in [0.15, 0.2) is 0 Å². The predicted octanol–water partition coefficient (Wildman–Crippen LogP) is 1.23. The van der Waals surface area contributed by atoms with Crippen molar-refractivity contribution in [3.63, 3.8) is 0 Å². The minimum atomic E-state index is -0.0433. The molecule has 0 heterocycles. The summed E-state index contributed by atoms with van der Waals surface area (Å²) in [6.07, 6.45) is 0. The molecule has 0 spiro atoms. The van der Waals surface area contributed by atoms with Crippen LogP contribution in [-0.4, -0.2) is 39.8 Å². The standard InChI is InChI=1S/C12H18BrN3O2/c1-16(8-12(17)15-5-6-18-2)11-4-3-9(14)7-10(11)13/h3-4,7H,5-6,8,14H2,1-2H3,(H,15,17). The van der Waals surface area contributed by atoms with Crippen LogP contribution < -0.4 is 16.0 Å². The smallest absolute Gasteiger partial charge is 0.239 e. The topological polar surface area (TPSA) is 67.6 Å².